The summed E-state index contributed by atoms with van der Waals surface area (Å²) in [5.74, 6) is 0.710. The van der Waals surface area contributed by atoms with E-state index < -0.39 is 17.2 Å². The third-order valence-electron chi connectivity index (χ3n) is 3.62. The Balaban J connectivity index is 2.38. The molecule has 1 aromatic carbocycles. The van der Waals surface area contributed by atoms with Crippen molar-refractivity contribution in [1.29, 1.82) is 0 Å². The van der Waals surface area contributed by atoms with E-state index in [1.807, 2.05) is 6.92 Å². The van der Waals surface area contributed by atoms with Gasteiger partial charge in [-0.3, -0.25) is 0 Å². The van der Waals surface area contributed by atoms with Gasteiger partial charge >= 0.3 is 6.18 Å². The van der Waals surface area contributed by atoms with Gasteiger partial charge in [0, 0.05) is 24.1 Å². The highest BCUT2D eigenvalue weighted by Crippen LogP contribution is 2.36. The number of benzene rings is 1. The highest BCUT2D eigenvalue weighted by Gasteiger charge is 2.34. The fourth-order valence-electron chi connectivity index (χ4n) is 2.36. The van der Waals surface area contributed by atoms with Crippen LogP contribution in [0.5, 0.6) is 0 Å². The average Bonchev–Trinajstić information content (AvgIpc) is 2.90. The molecule has 0 aliphatic rings. The Bertz CT molecular complexity index is 608. The van der Waals surface area contributed by atoms with Crippen molar-refractivity contribution < 1.29 is 17.6 Å². The molecule has 21 heavy (non-hydrogen) atoms. The molecule has 1 unspecified atom stereocenters. The molecule has 4 N–H and O–H groups in total. The van der Waals surface area contributed by atoms with Crippen molar-refractivity contribution in [3.05, 3.63) is 53.5 Å². The minimum absolute atomic E-state index is 0.0873. The van der Waals surface area contributed by atoms with Crippen LogP contribution in [-0.4, -0.2) is 6.54 Å². The van der Waals surface area contributed by atoms with Crippen LogP contribution in [0, 0.1) is 0 Å². The van der Waals surface area contributed by atoms with Gasteiger partial charge in [0.2, 0.25) is 0 Å². The van der Waals surface area contributed by atoms with Gasteiger partial charge in [-0.25, -0.2) is 0 Å². The second-order valence-electron chi connectivity index (χ2n) is 5.32. The maximum atomic E-state index is 12.7. The lowest BCUT2D eigenvalue weighted by molar-refractivity contribution is -0.137. The van der Waals surface area contributed by atoms with E-state index in [9.17, 15) is 13.2 Å². The minimum Gasteiger partial charge on any atom is -0.469 e. The molecular weight excluding hydrogens is 281 g/mol. The molecule has 1 atom stereocenters. The molecule has 2 aromatic rings. The largest absolute Gasteiger partial charge is 0.469 e. The van der Waals surface area contributed by atoms with Gasteiger partial charge in [0.05, 0.1) is 11.8 Å². The third kappa shape index (κ3) is 3.21. The molecule has 114 valence electrons. The molecule has 0 fully saturated rings. The van der Waals surface area contributed by atoms with Gasteiger partial charge in [-0.15, -0.1) is 0 Å². The highest BCUT2D eigenvalue weighted by molar-refractivity contribution is 5.54. The molecule has 0 amide bonds. The summed E-state index contributed by atoms with van der Waals surface area (Å²) in [6, 6.07) is 6.93. The van der Waals surface area contributed by atoms with E-state index in [1.54, 1.807) is 18.4 Å². The molecule has 0 radical (unpaired) electrons. The van der Waals surface area contributed by atoms with Crippen molar-refractivity contribution in [2.45, 2.75) is 24.9 Å². The first kappa shape index (κ1) is 15.4. The van der Waals surface area contributed by atoms with Gasteiger partial charge in [-0.05, 0) is 29.8 Å². The summed E-state index contributed by atoms with van der Waals surface area (Å²) in [5, 5.41) is 0. The molecule has 3 nitrogen and oxygen atoms in total. The van der Waals surface area contributed by atoms with E-state index >= 15 is 0 Å². The SMILES string of the molecule is CC(CN)(Cc1ccco1)c1ccc(C(F)(F)F)cc1N. The number of anilines is 1. The standard InChI is InChI=1S/C15H17F3N2O/c1-14(9-19,8-11-3-2-6-21-11)12-5-4-10(7-13(12)20)15(16,17)18/h2-7H,8-9,19-20H2,1H3. The normalized spacial score (nSPS) is 14.9. The average molecular weight is 298 g/mol. The summed E-state index contributed by atoms with van der Waals surface area (Å²) in [7, 11) is 0. The van der Waals surface area contributed by atoms with E-state index in [0.717, 1.165) is 12.1 Å². The van der Waals surface area contributed by atoms with Gasteiger partial charge < -0.3 is 15.9 Å². The Morgan fingerprint density at radius 1 is 1.19 bits per heavy atom. The summed E-state index contributed by atoms with van der Waals surface area (Å²) in [4.78, 5) is 0. The first-order valence-corrected chi connectivity index (χ1v) is 6.46. The number of rotatable bonds is 4. The van der Waals surface area contributed by atoms with Crippen LogP contribution in [0.1, 0.15) is 23.8 Å². The number of nitrogen functional groups attached to an aromatic ring is 1. The van der Waals surface area contributed by atoms with Crippen molar-refractivity contribution in [2.75, 3.05) is 12.3 Å². The Labute approximate surface area is 120 Å². The lowest BCUT2D eigenvalue weighted by atomic mass is 9.77. The molecule has 1 heterocycles. The molecule has 0 spiro atoms. The maximum Gasteiger partial charge on any atom is 0.416 e. The molecule has 0 bridgehead atoms. The number of hydrogen-bond acceptors (Lipinski definition) is 3. The molecule has 0 aliphatic heterocycles. The fraction of sp³-hybridized carbons (Fsp3) is 0.333. The van der Waals surface area contributed by atoms with Crippen LogP contribution < -0.4 is 11.5 Å². The molecule has 2 rings (SSSR count). The topological polar surface area (TPSA) is 65.2 Å². The predicted molar refractivity (Wildman–Crippen MR) is 74.7 cm³/mol. The summed E-state index contributed by atoms with van der Waals surface area (Å²) >= 11 is 0. The zero-order valence-corrected chi connectivity index (χ0v) is 11.6. The molecule has 6 heteroatoms. The molecule has 0 aliphatic carbocycles. The Morgan fingerprint density at radius 2 is 1.90 bits per heavy atom. The van der Waals surface area contributed by atoms with Crippen LogP contribution >= 0.6 is 0 Å². The Morgan fingerprint density at radius 3 is 2.38 bits per heavy atom. The minimum atomic E-state index is -4.41. The van der Waals surface area contributed by atoms with Gasteiger partial charge in [0.1, 0.15) is 5.76 Å². The van der Waals surface area contributed by atoms with Crippen LogP contribution in [0.25, 0.3) is 0 Å². The monoisotopic (exact) mass is 298 g/mol. The number of hydrogen-bond donors (Lipinski definition) is 2. The van der Waals surface area contributed by atoms with Gasteiger partial charge in [0.25, 0.3) is 0 Å². The molecule has 1 aromatic heterocycles. The number of alkyl halides is 3. The van der Waals surface area contributed by atoms with Crippen LogP contribution in [0.4, 0.5) is 18.9 Å². The lowest BCUT2D eigenvalue weighted by Crippen LogP contribution is -2.35. The van der Waals surface area contributed by atoms with E-state index in [2.05, 4.69) is 0 Å². The quantitative estimate of drug-likeness (QED) is 0.851. The van der Waals surface area contributed by atoms with Crippen LogP contribution in [0.2, 0.25) is 0 Å². The zero-order chi connectivity index (χ0) is 15.7. The van der Waals surface area contributed by atoms with Crippen molar-refractivity contribution >= 4 is 5.69 Å². The fourth-order valence-corrected chi connectivity index (χ4v) is 2.36. The number of nitrogens with two attached hydrogens (primary N) is 2. The maximum absolute atomic E-state index is 12.7. The molecule has 0 saturated heterocycles. The predicted octanol–water partition coefficient (Wildman–Crippen LogP) is 3.34. The van der Waals surface area contributed by atoms with Crippen molar-refractivity contribution in [3.8, 4) is 0 Å². The third-order valence-corrected chi connectivity index (χ3v) is 3.62. The van der Waals surface area contributed by atoms with Gasteiger partial charge in [0.15, 0.2) is 0 Å². The summed E-state index contributed by atoms with van der Waals surface area (Å²) in [6.07, 6.45) is -2.40. The number of halogens is 3. The highest BCUT2D eigenvalue weighted by atomic mass is 19.4. The Kier molecular flexibility index (Phi) is 4.00. The Hall–Kier alpha value is -1.95. The summed E-state index contributed by atoms with van der Waals surface area (Å²) in [6.45, 7) is 2.09. The summed E-state index contributed by atoms with van der Waals surface area (Å²) < 4.78 is 43.4. The zero-order valence-electron chi connectivity index (χ0n) is 11.6. The van der Waals surface area contributed by atoms with Crippen LogP contribution in [-0.2, 0) is 18.0 Å². The van der Waals surface area contributed by atoms with E-state index in [1.165, 1.54) is 6.07 Å². The smallest absolute Gasteiger partial charge is 0.416 e. The van der Waals surface area contributed by atoms with Crippen LogP contribution in [0.3, 0.4) is 0 Å². The van der Waals surface area contributed by atoms with Crippen LogP contribution in [0.15, 0.2) is 41.0 Å². The lowest BCUT2D eigenvalue weighted by Gasteiger charge is -2.29. The van der Waals surface area contributed by atoms with E-state index in [-0.39, 0.29) is 12.2 Å². The van der Waals surface area contributed by atoms with Gasteiger partial charge in [-0.2, -0.15) is 13.2 Å². The van der Waals surface area contributed by atoms with Crippen molar-refractivity contribution in [2.24, 2.45) is 5.73 Å². The molecule has 0 saturated carbocycles. The molecular formula is C15H17F3N2O. The van der Waals surface area contributed by atoms with E-state index in [4.69, 9.17) is 15.9 Å². The van der Waals surface area contributed by atoms with Crippen molar-refractivity contribution in [1.82, 2.24) is 0 Å². The first-order chi connectivity index (χ1) is 9.76. The second kappa shape index (κ2) is 5.44. The van der Waals surface area contributed by atoms with Crippen molar-refractivity contribution in [3.63, 3.8) is 0 Å². The van der Waals surface area contributed by atoms with Gasteiger partial charge in [-0.1, -0.05) is 13.0 Å². The number of furan rings is 1. The second-order valence-corrected chi connectivity index (χ2v) is 5.32. The first-order valence-electron chi connectivity index (χ1n) is 6.46. The summed E-state index contributed by atoms with van der Waals surface area (Å²) in [5.41, 5.74) is 11.0. The van der Waals surface area contributed by atoms with E-state index in [0.29, 0.717) is 17.7 Å².